The van der Waals surface area contributed by atoms with Crippen LogP contribution in [-0.4, -0.2) is 13.4 Å². The van der Waals surface area contributed by atoms with Crippen LogP contribution in [0.1, 0.15) is 31.0 Å². The van der Waals surface area contributed by atoms with Crippen LogP contribution in [0.5, 0.6) is 0 Å². The number of aromatic amines is 1. The molecular formula is C15H17NO3S. The lowest BCUT2D eigenvalue weighted by Crippen LogP contribution is -2.21. The van der Waals surface area contributed by atoms with Crippen molar-refractivity contribution in [2.24, 2.45) is 0 Å². The molecule has 0 saturated heterocycles. The molecule has 1 N–H and O–H groups in total. The molecule has 5 heteroatoms. The first-order valence-corrected chi connectivity index (χ1v) is 7.86. The summed E-state index contributed by atoms with van der Waals surface area (Å²) in [7, 11) is -3.79. The van der Waals surface area contributed by atoms with Crippen molar-refractivity contribution in [2.75, 3.05) is 0 Å². The molecule has 0 atom stereocenters. The fraction of sp³-hybridized carbons (Fsp3) is 0.267. The summed E-state index contributed by atoms with van der Waals surface area (Å²) in [6, 6.07) is 9.72. The van der Waals surface area contributed by atoms with Crippen molar-refractivity contribution in [1.82, 2.24) is 4.98 Å². The Morgan fingerprint density at radius 2 is 1.70 bits per heavy atom. The summed E-state index contributed by atoms with van der Waals surface area (Å²) in [6.07, 6.45) is 0. The summed E-state index contributed by atoms with van der Waals surface area (Å²) in [5.74, 6) is 0.134. The second-order valence-corrected chi connectivity index (χ2v) is 6.92. The first-order valence-electron chi connectivity index (χ1n) is 6.38. The summed E-state index contributed by atoms with van der Waals surface area (Å²) in [4.78, 5) is 14.8. The minimum absolute atomic E-state index is 0.130. The Balaban J connectivity index is 2.68. The Morgan fingerprint density at radius 3 is 2.20 bits per heavy atom. The van der Waals surface area contributed by atoms with Gasteiger partial charge in [0.15, 0.2) is 0 Å². The molecule has 1 aromatic heterocycles. The van der Waals surface area contributed by atoms with Gasteiger partial charge in [-0.25, -0.2) is 8.42 Å². The summed E-state index contributed by atoms with van der Waals surface area (Å²) in [5, 5.41) is 0. The van der Waals surface area contributed by atoms with Gasteiger partial charge >= 0.3 is 0 Å². The van der Waals surface area contributed by atoms with E-state index in [0.29, 0.717) is 5.56 Å². The quantitative estimate of drug-likeness (QED) is 0.945. The molecule has 4 nitrogen and oxygen atoms in total. The van der Waals surface area contributed by atoms with E-state index in [4.69, 9.17) is 0 Å². The molecule has 0 fully saturated rings. The van der Waals surface area contributed by atoms with E-state index < -0.39 is 15.4 Å². The van der Waals surface area contributed by atoms with Crippen molar-refractivity contribution in [2.45, 2.75) is 36.5 Å². The molecule has 0 aliphatic carbocycles. The standard InChI is InChI=1S/C15H17NO3S/c1-10(2)13-9-11(3)14(15(17)16-13)20(18,19)12-7-5-4-6-8-12/h4-10H,1-3H3,(H,16,17). The average Bonchev–Trinajstić information content (AvgIpc) is 2.38. The molecule has 0 saturated carbocycles. The molecular weight excluding hydrogens is 274 g/mol. The largest absolute Gasteiger partial charge is 0.325 e. The molecule has 0 aliphatic rings. The molecule has 1 heterocycles. The van der Waals surface area contributed by atoms with E-state index in [9.17, 15) is 13.2 Å². The van der Waals surface area contributed by atoms with Gasteiger partial charge in [-0.1, -0.05) is 32.0 Å². The second kappa shape index (κ2) is 5.25. The van der Waals surface area contributed by atoms with Gasteiger partial charge in [-0.3, -0.25) is 4.79 Å². The van der Waals surface area contributed by atoms with Crippen molar-refractivity contribution >= 4 is 9.84 Å². The van der Waals surface area contributed by atoms with Gasteiger partial charge in [0.1, 0.15) is 4.90 Å². The zero-order chi connectivity index (χ0) is 14.9. The predicted molar refractivity (Wildman–Crippen MR) is 77.8 cm³/mol. The molecule has 0 radical (unpaired) electrons. The van der Waals surface area contributed by atoms with Gasteiger partial charge in [0, 0.05) is 5.69 Å². The third kappa shape index (κ3) is 2.54. The molecule has 2 rings (SSSR count). The highest BCUT2D eigenvalue weighted by Crippen LogP contribution is 2.22. The Bertz CT molecular complexity index is 775. The van der Waals surface area contributed by atoms with Gasteiger partial charge in [0.05, 0.1) is 4.90 Å². The lowest BCUT2D eigenvalue weighted by Gasteiger charge is -2.11. The number of H-pyrrole nitrogens is 1. The maximum absolute atomic E-state index is 12.5. The number of aryl methyl sites for hydroxylation is 1. The van der Waals surface area contributed by atoms with Gasteiger partial charge in [-0.05, 0) is 36.6 Å². The number of aromatic nitrogens is 1. The highest BCUT2D eigenvalue weighted by atomic mass is 32.2. The number of rotatable bonds is 3. The molecule has 1 aromatic carbocycles. The number of nitrogens with one attached hydrogen (secondary N) is 1. The highest BCUT2D eigenvalue weighted by molar-refractivity contribution is 7.91. The molecule has 0 amide bonds. The van der Waals surface area contributed by atoms with E-state index in [-0.39, 0.29) is 15.7 Å². The molecule has 20 heavy (non-hydrogen) atoms. The lowest BCUT2D eigenvalue weighted by molar-refractivity contribution is 0.593. The minimum Gasteiger partial charge on any atom is -0.325 e. The summed E-state index contributed by atoms with van der Waals surface area (Å²) < 4.78 is 25.1. The topological polar surface area (TPSA) is 67.0 Å². The molecule has 0 spiro atoms. The number of hydrogen-bond acceptors (Lipinski definition) is 3. The van der Waals surface area contributed by atoms with Crippen LogP contribution in [0.4, 0.5) is 0 Å². The number of sulfone groups is 1. The third-order valence-corrected chi connectivity index (χ3v) is 5.08. The SMILES string of the molecule is Cc1cc(C(C)C)[nH]c(=O)c1S(=O)(=O)c1ccccc1. The monoisotopic (exact) mass is 291 g/mol. The summed E-state index contributed by atoms with van der Waals surface area (Å²) >= 11 is 0. The van der Waals surface area contributed by atoms with Gasteiger partial charge in [0.2, 0.25) is 9.84 Å². The number of benzene rings is 1. The van der Waals surface area contributed by atoms with Crippen LogP contribution in [0.3, 0.4) is 0 Å². The first kappa shape index (κ1) is 14.5. The maximum atomic E-state index is 12.5. The van der Waals surface area contributed by atoms with Crippen LogP contribution < -0.4 is 5.56 Å². The highest BCUT2D eigenvalue weighted by Gasteiger charge is 2.24. The van der Waals surface area contributed by atoms with E-state index in [0.717, 1.165) is 5.69 Å². The Labute approximate surface area is 118 Å². The summed E-state index contributed by atoms with van der Waals surface area (Å²) in [6.45, 7) is 5.53. The average molecular weight is 291 g/mol. The second-order valence-electron chi connectivity index (χ2n) is 5.04. The van der Waals surface area contributed by atoms with E-state index in [1.165, 1.54) is 12.1 Å². The van der Waals surface area contributed by atoms with Crippen LogP contribution in [-0.2, 0) is 9.84 Å². The van der Waals surface area contributed by atoms with Crippen molar-refractivity contribution in [3.63, 3.8) is 0 Å². The Morgan fingerprint density at radius 1 is 1.10 bits per heavy atom. The predicted octanol–water partition coefficient (Wildman–Crippen LogP) is 2.64. The van der Waals surface area contributed by atoms with E-state index in [1.54, 1.807) is 31.2 Å². The van der Waals surface area contributed by atoms with Crippen LogP contribution in [0.25, 0.3) is 0 Å². The zero-order valence-corrected chi connectivity index (χ0v) is 12.5. The fourth-order valence-electron chi connectivity index (χ4n) is 2.06. The van der Waals surface area contributed by atoms with Crippen LogP contribution in [0.15, 0.2) is 51.0 Å². The lowest BCUT2D eigenvalue weighted by atomic mass is 10.1. The minimum atomic E-state index is -3.79. The third-order valence-electron chi connectivity index (χ3n) is 3.14. The molecule has 106 valence electrons. The van der Waals surface area contributed by atoms with E-state index >= 15 is 0 Å². The Hall–Kier alpha value is -1.88. The van der Waals surface area contributed by atoms with Gasteiger partial charge in [-0.2, -0.15) is 0 Å². The van der Waals surface area contributed by atoms with Crippen LogP contribution in [0.2, 0.25) is 0 Å². The van der Waals surface area contributed by atoms with Gasteiger partial charge in [-0.15, -0.1) is 0 Å². The van der Waals surface area contributed by atoms with E-state index in [1.807, 2.05) is 13.8 Å². The number of hydrogen-bond donors (Lipinski definition) is 1. The van der Waals surface area contributed by atoms with Crippen LogP contribution in [0, 0.1) is 6.92 Å². The van der Waals surface area contributed by atoms with Crippen molar-refractivity contribution < 1.29 is 8.42 Å². The van der Waals surface area contributed by atoms with Crippen molar-refractivity contribution in [3.05, 3.63) is 58.0 Å². The zero-order valence-electron chi connectivity index (χ0n) is 11.7. The normalized spacial score (nSPS) is 11.8. The molecule has 2 aromatic rings. The van der Waals surface area contributed by atoms with E-state index in [2.05, 4.69) is 4.98 Å². The van der Waals surface area contributed by atoms with Gasteiger partial charge in [0.25, 0.3) is 5.56 Å². The summed E-state index contributed by atoms with van der Waals surface area (Å²) in [5.41, 5.74) is 0.651. The molecule has 0 aliphatic heterocycles. The maximum Gasteiger partial charge on any atom is 0.267 e. The number of pyridine rings is 1. The molecule has 0 unspecified atom stereocenters. The van der Waals surface area contributed by atoms with Crippen molar-refractivity contribution in [1.29, 1.82) is 0 Å². The molecule has 0 bridgehead atoms. The Kier molecular flexibility index (Phi) is 3.81. The van der Waals surface area contributed by atoms with Crippen molar-refractivity contribution in [3.8, 4) is 0 Å². The van der Waals surface area contributed by atoms with Crippen LogP contribution >= 0.6 is 0 Å². The van der Waals surface area contributed by atoms with Gasteiger partial charge < -0.3 is 4.98 Å². The first-order chi connectivity index (χ1) is 9.34. The fourth-order valence-corrected chi connectivity index (χ4v) is 3.59. The smallest absolute Gasteiger partial charge is 0.267 e.